The Labute approximate surface area is 132 Å². The average molecular weight is 290 g/mol. The fourth-order valence-corrected chi connectivity index (χ4v) is 5.07. The molecule has 2 fully saturated rings. The second-order valence-corrected chi connectivity index (χ2v) is 7.08. The van der Waals surface area contributed by atoms with Crippen LogP contribution in [0.15, 0.2) is 48.5 Å². The van der Waals surface area contributed by atoms with Gasteiger partial charge in [0.2, 0.25) is 0 Å². The lowest BCUT2D eigenvalue weighted by molar-refractivity contribution is -0.250. The lowest BCUT2D eigenvalue weighted by Gasteiger charge is -2.55. The summed E-state index contributed by atoms with van der Waals surface area (Å²) in [5, 5.41) is 0. The Hall–Kier alpha value is -1.60. The van der Waals surface area contributed by atoms with Crippen LogP contribution in [0.1, 0.15) is 49.7 Å². The van der Waals surface area contributed by atoms with Gasteiger partial charge in [0.15, 0.2) is 0 Å². The van der Waals surface area contributed by atoms with E-state index in [1.165, 1.54) is 60.8 Å². The van der Waals surface area contributed by atoms with Crippen molar-refractivity contribution < 1.29 is 4.74 Å². The molecule has 0 radical (unpaired) electrons. The van der Waals surface area contributed by atoms with Crippen LogP contribution in [0, 0.1) is 5.92 Å². The number of hydrogen-bond acceptors (Lipinski definition) is 1. The summed E-state index contributed by atoms with van der Waals surface area (Å²) in [5.74, 6) is 0.664. The summed E-state index contributed by atoms with van der Waals surface area (Å²) >= 11 is 0. The van der Waals surface area contributed by atoms with Gasteiger partial charge in [0, 0.05) is 5.92 Å². The Morgan fingerprint density at radius 3 is 2.00 bits per heavy atom. The molecule has 1 aliphatic heterocycles. The van der Waals surface area contributed by atoms with Gasteiger partial charge in [-0.05, 0) is 35.1 Å². The topological polar surface area (TPSA) is 9.23 Å². The molecule has 3 aliphatic rings. The van der Waals surface area contributed by atoms with Crippen LogP contribution in [0.4, 0.5) is 0 Å². The minimum absolute atomic E-state index is 0.144. The molecule has 1 spiro atoms. The second kappa shape index (κ2) is 4.70. The molecule has 0 unspecified atom stereocenters. The molecule has 0 amide bonds. The average Bonchev–Trinajstić information content (AvgIpc) is 2.84. The second-order valence-electron chi connectivity index (χ2n) is 7.08. The van der Waals surface area contributed by atoms with Crippen molar-refractivity contribution in [3.63, 3.8) is 0 Å². The largest absolute Gasteiger partial charge is 0.361 e. The summed E-state index contributed by atoms with van der Waals surface area (Å²) in [6.45, 7) is 0. The molecule has 112 valence electrons. The van der Waals surface area contributed by atoms with Gasteiger partial charge in [-0.3, -0.25) is 0 Å². The third-order valence-electron chi connectivity index (χ3n) is 6.01. The molecule has 22 heavy (non-hydrogen) atoms. The maximum absolute atomic E-state index is 6.68. The fraction of sp³-hybridized carbons (Fsp3) is 0.429. The van der Waals surface area contributed by atoms with Gasteiger partial charge in [0.25, 0.3) is 0 Å². The zero-order chi connectivity index (χ0) is 14.6. The van der Waals surface area contributed by atoms with Crippen molar-refractivity contribution in [2.75, 3.05) is 0 Å². The normalized spacial score (nSPS) is 28.0. The summed E-state index contributed by atoms with van der Waals surface area (Å²) in [6.07, 6.45) is 8.50. The van der Waals surface area contributed by atoms with Crippen molar-refractivity contribution in [1.82, 2.24) is 0 Å². The van der Waals surface area contributed by atoms with Crippen LogP contribution in [0.25, 0.3) is 11.1 Å². The highest BCUT2D eigenvalue weighted by atomic mass is 16.5. The fourth-order valence-electron chi connectivity index (χ4n) is 5.07. The Bertz CT molecular complexity index is 672. The van der Waals surface area contributed by atoms with Gasteiger partial charge in [-0.15, -0.1) is 0 Å². The SMILES string of the molecule is c1ccc2c(c1)-c1ccccc1C21O[C@H]2CCCCCC[C@@H]21. The molecule has 1 heteroatoms. The summed E-state index contributed by atoms with van der Waals surface area (Å²) in [5.41, 5.74) is 5.46. The monoisotopic (exact) mass is 290 g/mol. The lowest BCUT2D eigenvalue weighted by Crippen LogP contribution is -2.57. The van der Waals surface area contributed by atoms with E-state index in [9.17, 15) is 0 Å². The predicted octanol–water partition coefficient (Wildman–Crippen LogP) is 5.28. The lowest BCUT2D eigenvalue weighted by atomic mass is 9.67. The molecule has 1 saturated carbocycles. The highest BCUT2D eigenvalue weighted by molar-refractivity contribution is 5.81. The molecule has 5 rings (SSSR count). The highest BCUT2D eigenvalue weighted by Crippen LogP contribution is 2.62. The van der Waals surface area contributed by atoms with Crippen LogP contribution in [0.2, 0.25) is 0 Å². The van der Waals surface area contributed by atoms with E-state index in [-0.39, 0.29) is 5.60 Å². The first-order valence-corrected chi connectivity index (χ1v) is 8.78. The van der Waals surface area contributed by atoms with Crippen LogP contribution in [0.5, 0.6) is 0 Å². The zero-order valence-electron chi connectivity index (χ0n) is 12.9. The van der Waals surface area contributed by atoms with Gasteiger partial charge in [-0.25, -0.2) is 0 Å². The van der Waals surface area contributed by atoms with Gasteiger partial charge in [0.05, 0.1) is 6.10 Å². The Morgan fingerprint density at radius 1 is 0.727 bits per heavy atom. The number of benzene rings is 2. The van der Waals surface area contributed by atoms with Crippen molar-refractivity contribution in [3.8, 4) is 11.1 Å². The van der Waals surface area contributed by atoms with Crippen molar-refractivity contribution >= 4 is 0 Å². The molecule has 1 heterocycles. The maximum Gasteiger partial charge on any atom is 0.125 e. The molecule has 2 atom stereocenters. The Morgan fingerprint density at radius 2 is 1.32 bits per heavy atom. The van der Waals surface area contributed by atoms with Crippen LogP contribution in [-0.4, -0.2) is 6.10 Å². The summed E-state index contributed by atoms with van der Waals surface area (Å²) in [6, 6.07) is 17.8. The summed E-state index contributed by atoms with van der Waals surface area (Å²) in [7, 11) is 0. The molecule has 2 aliphatic carbocycles. The quantitative estimate of drug-likeness (QED) is 0.641. The van der Waals surface area contributed by atoms with Crippen LogP contribution in [0.3, 0.4) is 0 Å². The highest BCUT2D eigenvalue weighted by Gasteiger charge is 2.60. The molecule has 1 nitrogen and oxygen atoms in total. The van der Waals surface area contributed by atoms with E-state index >= 15 is 0 Å². The van der Waals surface area contributed by atoms with Crippen LogP contribution >= 0.6 is 0 Å². The molecule has 2 aromatic rings. The molecular weight excluding hydrogens is 268 g/mol. The maximum atomic E-state index is 6.68. The minimum Gasteiger partial charge on any atom is -0.361 e. The molecular formula is C21H22O. The third kappa shape index (κ3) is 1.53. The van der Waals surface area contributed by atoms with Crippen molar-refractivity contribution in [2.24, 2.45) is 5.92 Å². The van der Waals surface area contributed by atoms with Gasteiger partial charge in [-0.1, -0.05) is 74.2 Å². The smallest absolute Gasteiger partial charge is 0.125 e. The van der Waals surface area contributed by atoms with E-state index in [0.29, 0.717) is 12.0 Å². The van der Waals surface area contributed by atoms with Crippen molar-refractivity contribution in [2.45, 2.75) is 50.2 Å². The van der Waals surface area contributed by atoms with E-state index in [1.54, 1.807) is 0 Å². The standard InChI is InChI=1S/C21H22O/c1-2-4-14-20-19(13-3-1)21(22-20)17-11-7-5-9-15(17)16-10-6-8-12-18(16)21/h5-12,19-20H,1-4,13-14H2/t19-,20-/m0/s1. The van der Waals surface area contributed by atoms with Crippen molar-refractivity contribution in [3.05, 3.63) is 59.7 Å². The summed E-state index contributed by atoms with van der Waals surface area (Å²) < 4.78 is 6.68. The van der Waals surface area contributed by atoms with E-state index in [4.69, 9.17) is 4.74 Å². The number of hydrogen-bond donors (Lipinski definition) is 0. The number of ether oxygens (including phenoxy) is 1. The van der Waals surface area contributed by atoms with E-state index < -0.39 is 0 Å². The molecule has 1 saturated heterocycles. The zero-order valence-corrected chi connectivity index (χ0v) is 12.9. The molecule has 0 N–H and O–H groups in total. The van der Waals surface area contributed by atoms with Gasteiger partial charge in [-0.2, -0.15) is 0 Å². The van der Waals surface area contributed by atoms with E-state index in [1.807, 2.05) is 0 Å². The Balaban J connectivity index is 1.68. The first-order chi connectivity index (χ1) is 10.9. The summed E-state index contributed by atoms with van der Waals surface area (Å²) in [4.78, 5) is 0. The van der Waals surface area contributed by atoms with Gasteiger partial charge >= 0.3 is 0 Å². The molecule has 0 bridgehead atoms. The Kier molecular flexibility index (Phi) is 2.75. The van der Waals surface area contributed by atoms with Crippen LogP contribution < -0.4 is 0 Å². The number of rotatable bonds is 0. The molecule has 0 aromatic heterocycles. The predicted molar refractivity (Wildman–Crippen MR) is 88.7 cm³/mol. The molecule has 2 aromatic carbocycles. The van der Waals surface area contributed by atoms with Gasteiger partial charge < -0.3 is 4.74 Å². The number of fused-ring (bicyclic) bond motifs is 7. The first-order valence-electron chi connectivity index (χ1n) is 8.78. The van der Waals surface area contributed by atoms with Crippen LogP contribution in [-0.2, 0) is 10.3 Å². The van der Waals surface area contributed by atoms with Crippen molar-refractivity contribution in [1.29, 1.82) is 0 Å². The third-order valence-corrected chi connectivity index (χ3v) is 6.01. The van der Waals surface area contributed by atoms with E-state index in [0.717, 1.165) is 0 Å². The van der Waals surface area contributed by atoms with E-state index in [2.05, 4.69) is 48.5 Å². The minimum atomic E-state index is -0.144. The van der Waals surface area contributed by atoms with Gasteiger partial charge in [0.1, 0.15) is 5.60 Å². The first kappa shape index (κ1) is 12.9.